The molecular weight excluding hydrogens is 334 g/mol. The monoisotopic (exact) mass is 351 g/mol. The molecule has 0 aliphatic carbocycles. The first-order valence-electron chi connectivity index (χ1n) is 7.14. The van der Waals surface area contributed by atoms with Crippen LogP contribution in [0.2, 0.25) is 0 Å². The Kier molecular flexibility index (Phi) is 4.51. The van der Waals surface area contributed by atoms with Crippen molar-refractivity contribution in [1.29, 1.82) is 0 Å². The van der Waals surface area contributed by atoms with E-state index in [2.05, 4.69) is 28.2 Å². The third-order valence-electron chi connectivity index (χ3n) is 3.44. The lowest BCUT2D eigenvalue weighted by molar-refractivity contribution is 0.0552. The first-order valence-corrected chi connectivity index (χ1v) is 7.93. The van der Waals surface area contributed by atoms with E-state index in [1.54, 1.807) is 6.26 Å². The first-order chi connectivity index (χ1) is 10.3. The number of furan rings is 1. The SMILES string of the molecule is CCCNC(c1occc1Br)C1COc2ccccc2O1. The zero-order chi connectivity index (χ0) is 14.7. The van der Waals surface area contributed by atoms with Crippen LogP contribution >= 0.6 is 15.9 Å². The summed E-state index contributed by atoms with van der Waals surface area (Å²) in [5.74, 6) is 2.41. The number of hydrogen-bond donors (Lipinski definition) is 1. The molecule has 1 aliphatic rings. The predicted octanol–water partition coefficient (Wildman–Crippen LogP) is 3.92. The number of nitrogens with one attached hydrogen (secondary N) is 1. The van der Waals surface area contributed by atoms with E-state index < -0.39 is 0 Å². The second-order valence-electron chi connectivity index (χ2n) is 4.98. The van der Waals surface area contributed by atoms with Gasteiger partial charge in [-0.2, -0.15) is 0 Å². The van der Waals surface area contributed by atoms with Gasteiger partial charge in [0.15, 0.2) is 17.6 Å². The van der Waals surface area contributed by atoms with Gasteiger partial charge in [0.25, 0.3) is 0 Å². The van der Waals surface area contributed by atoms with Gasteiger partial charge in [-0.25, -0.2) is 0 Å². The van der Waals surface area contributed by atoms with Crippen LogP contribution in [0.4, 0.5) is 0 Å². The summed E-state index contributed by atoms with van der Waals surface area (Å²) < 4.78 is 18.5. The molecule has 1 N–H and O–H groups in total. The molecule has 0 saturated carbocycles. The maximum Gasteiger partial charge on any atom is 0.161 e. The van der Waals surface area contributed by atoms with Crippen molar-refractivity contribution in [2.45, 2.75) is 25.5 Å². The minimum atomic E-state index is -0.131. The first kappa shape index (κ1) is 14.5. The molecule has 0 radical (unpaired) electrons. The highest BCUT2D eigenvalue weighted by molar-refractivity contribution is 9.10. The van der Waals surface area contributed by atoms with Crippen LogP contribution in [0.5, 0.6) is 11.5 Å². The molecule has 21 heavy (non-hydrogen) atoms. The molecule has 4 nitrogen and oxygen atoms in total. The molecule has 2 heterocycles. The molecule has 3 rings (SSSR count). The summed E-state index contributed by atoms with van der Waals surface area (Å²) in [7, 11) is 0. The molecule has 2 aromatic rings. The molecule has 0 spiro atoms. The molecule has 2 atom stereocenters. The van der Waals surface area contributed by atoms with Crippen molar-refractivity contribution >= 4 is 15.9 Å². The molecule has 1 aromatic carbocycles. The molecule has 0 bridgehead atoms. The van der Waals surface area contributed by atoms with Crippen molar-refractivity contribution in [3.8, 4) is 11.5 Å². The number of benzene rings is 1. The van der Waals surface area contributed by atoms with E-state index in [-0.39, 0.29) is 12.1 Å². The van der Waals surface area contributed by atoms with Crippen LogP contribution in [0.25, 0.3) is 0 Å². The van der Waals surface area contributed by atoms with Crippen LogP contribution in [-0.4, -0.2) is 19.3 Å². The van der Waals surface area contributed by atoms with E-state index in [1.807, 2.05) is 30.3 Å². The fourth-order valence-corrected chi connectivity index (χ4v) is 2.87. The third-order valence-corrected chi connectivity index (χ3v) is 4.10. The summed E-state index contributed by atoms with van der Waals surface area (Å²) in [6.07, 6.45) is 2.59. The van der Waals surface area contributed by atoms with Gasteiger partial charge in [-0.3, -0.25) is 0 Å². The van der Waals surface area contributed by atoms with E-state index in [0.29, 0.717) is 6.61 Å². The lowest BCUT2D eigenvalue weighted by Crippen LogP contribution is -2.42. The lowest BCUT2D eigenvalue weighted by atomic mass is 10.1. The predicted molar refractivity (Wildman–Crippen MR) is 83.8 cm³/mol. The Bertz CT molecular complexity index is 599. The van der Waals surface area contributed by atoms with Crippen molar-refractivity contribution < 1.29 is 13.9 Å². The Morgan fingerprint density at radius 3 is 2.81 bits per heavy atom. The number of hydrogen-bond acceptors (Lipinski definition) is 4. The van der Waals surface area contributed by atoms with E-state index in [0.717, 1.165) is 34.7 Å². The summed E-state index contributed by atoms with van der Waals surface area (Å²) in [6, 6.07) is 9.58. The van der Waals surface area contributed by atoms with Gasteiger partial charge in [0.2, 0.25) is 0 Å². The van der Waals surface area contributed by atoms with E-state index in [9.17, 15) is 0 Å². The number of halogens is 1. The van der Waals surface area contributed by atoms with Crippen LogP contribution in [0, 0.1) is 0 Å². The van der Waals surface area contributed by atoms with E-state index in [4.69, 9.17) is 13.9 Å². The molecular formula is C16H18BrNO3. The maximum atomic E-state index is 6.10. The van der Waals surface area contributed by atoms with Crippen molar-refractivity contribution in [1.82, 2.24) is 5.32 Å². The van der Waals surface area contributed by atoms with Gasteiger partial charge >= 0.3 is 0 Å². The molecule has 1 aromatic heterocycles. The highest BCUT2D eigenvalue weighted by atomic mass is 79.9. The van der Waals surface area contributed by atoms with Crippen molar-refractivity contribution in [3.05, 3.63) is 46.8 Å². The van der Waals surface area contributed by atoms with Gasteiger partial charge in [0.1, 0.15) is 18.4 Å². The second kappa shape index (κ2) is 6.54. The molecule has 2 unspecified atom stereocenters. The van der Waals surface area contributed by atoms with Gasteiger partial charge in [-0.05, 0) is 47.1 Å². The summed E-state index contributed by atoms with van der Waals surface area (Å²) in [6.45, 7) is 3.51. The van der Waals surface area contributed by atoms with Crippen LogP contribution in [-0.2, 0) is 0 Å². The quantitative estimate of drug-likeness (QED) is 0.886. The minimum Gasteiger partial charge on any atom is -0.486 e. The smallest absolute Gasteiger partial charge is 0.161 e. The maximum absolute atomic E-state index is 6.10. The van der Waals surface area contributed by atoms with Crippen LogP contribution < -0.4 is 14.8 Å². The third kappa shape index (κ3) is 3.09. The lowest BCUT2D eigenvalue weighted by Gasteiger charge is -2.32. The molecule has 0 fully saturated rings. The average molecular weight is 352 g/mol. The highest BCUT2D eigenvalue weighted by Gasteiger charge is 2.32. The van der Waals surface area contributed by atoms with Gasteiger partial charge < -0.3 is 19.2 Å². The fraction of sp³-hybridized carbons (Fsp3) is 0.375. The molecule has 0 saturated heterocycles. The van der Waals surface area contributed by atoms with Crippen LogP contribution in [0.15, 0.2) is 45.5 Å². The molecule has 1 aliphatic heterocycles. The number of para-hydroxylation sites is 2. The zero-order valence-electron chi connectivity index (χ0n) is 11.8. The second-order valence-corrected chi connectivity index (χ2v) is 5.83. The van der Waals surface area contributed by atoms with Crippen molar-refractivity contribution in [3.63, 3.8) is 0 Å². The van der Waals surface area contributed by atoms with Crippen LogP contribution in [0.1, 0.15) is 25.1 Å². The van der Waals surface area contributed by atoms with Crippen molar-refractivity contribution in [2.75, 3.05) is 13.2 Å². The molecule has 5 heteroatoms. The minimum absolute atomic E-state index is 0.0531. The van der Waals surface area contributed by atoms with E-state index >= 15 is 0 Å². The van der Waals surface area contributed by atoms with Crippen molar-refractivity contribution in [2.24, 2.45) is 0 Å². The normalized spacial score (nSPS) is 18.5. The fourth-order valence-electron chi connectivity index (χ4n) is 2.42. The zero-order valence-corrected chi connectivity index (χ0v) is 13.4. The van der Waals surface area contributed by atoms with Gasteiger partial charge in [-0.1, -0.05) is 19.1 Å². The van der Waals surface area contributed by atoms with E-state index in [1.165, 1.54) is 0 Å². The van der Waals surface area contributed by atoms with Crippen LogP contribution in [0.3, 0.4) is 0 Å². The van der Waals surface area contributed by atoms with Gasteiger partial charge in [0.05, 0.1) is 10.7 Å². The molecule has 0 amide bonds. The standard InChI is InChI=1S/C16H18BrNO3/c1-2-8-18-15(16-11(17)7-9-19-16)14-10-20-12-5-3-4-6-13(12)21-14/h3-7,9,14-15,18H,2,8,10H2,1H3. The van der Waals surface area contributed by atoms with Gasteiger partial charge in [0, 0.05) is 0 Å². The average Bonchev–Trinajstić information content (AvgIpc) is 2.94. The number of ether oxygens (including phenoxy) is 2. The summed E-state index contributed by atoms with van der Waals surface area (Å²) >= 11 is 3.53. The summed E-state index contributed by atoms with van der Waals surface area (Å²) in [5, 5.41) is 3.48. The number of fused-ring (bicyclic) bond motifs is 1. The largest absolute Gasteiger partial charge is 0.486 e. The Balaban J connectivity index is 1.83. The summed E-state index contributed by atoms with van der Waals surface area (Å²) in [5.41, 5.74) is 0. The number of rotatable bonds is 5. The van der Waals surface area contributed by atoms with Gasteiger partial charge in [-0.15, -0.1) is 0 Å². The molecule has 112 valence electrons. The highest BCUT2D eigenvalue weighted by Crippen LogP contribution is 2.36. The Morgan fingerprint density at radius 2 is 2.10 bits per heavy atom. The Morgan fingerprint density at radius 1 is 1.29 bits per heavy atom. The Hall–Kier alpha value is -1.46. The topological polar surface area (TPSA) is 43.6 Å². The Labute approximate surface area is 132 Å². The summed E-state index contributed by atoms with van der Waals surface area (Å²) in [4.78, 5) is 0.